The minimum Gasteiger partial charge on any atom is -0.531 e. The van der Waals surface area contributed by atoms with Crippen LogP contribution in [0.25, 0.3) is 10.8 Å². The number of rotatable bonds is 1. The Balaban J connectivity index is 2.01. The quantitative estimate of drug-likeness (QED) is 0.711. The van der Waals surface area contributed by atoms with Crippen LogP contribution in [0.4, 0.5) is 0 Å². The Labute approximate surface area is 115 Å². The highest BCUT2D eigenvalue weighted by atomic mass is 28.4. The summed E-state index contributed by atoms with van der Waals surface area (Å²) in [5.41, 5.74) is 1.68. The number of hydrogen-bond donors (Lipinski definition) is 0. The van der Waals surface area contributed by atoms with E-state index in [1.165, 1.54) is 10.8 Å². The van der Waals surface area contributed by atoms with Gasteiger partial charge in [0.1, 0.15) is 0 Å². The third-order valence-electron chi connectivity index (χ3n) is 4.05. The van der Waals surface area contributed by atoms with Crippen LogP contribution in [-0.4, -0.2) is 20.8 Å². The third-order valence-corrected chi connectivity index (χ3v) is 7.33. The SMILES string of the molecule is CC1CN=C(c2ccc3ccccc3c2)O[Si]1(C)C. The first-order chi connectivity index (χ1) is 9.06. The van der Waals surface area contributed by atoms with Crippen molar-refractivity contribution in [1.29, 1.82) is 0 Å². The van der Waals surface area contributed by atoms with Gasteiger partial charge in [0.25, 0.3) is 8.32 Å². The van der Waals surface area contributed by atoms with Crippen LogP contribution in [0.2, 0.25) is 18.6 Å². The molecule has 98 valence electrons. The molecule has 0 saturated carbocycles. The lowest BCUT2D eigenvalue weighted by molar-refractivity contribution is 0.498. The molecule has 3 rings (SSSR count). The van der Waals surface area contributed by atoms with E-state index in [2.05, 4.69) is 67.5 Å². The van der Waals surface area contributed by atoms with Gasteiger partial charge in [-0.1, -0.05) is 37.3 Å². The second kappa shape index (κ2) is 4.49. The number of nitrogens with zero attached hydrogens (tertiary/aromatic N) is 1. The van der Waals surface area contributed by atoms with Crippen molar-refractivity contribution >= 4 is 25.0 Å². The van der Waals surface area contributed by atoms with Gasteiger partial charge in [-0.25, -0.2) is 0 Å². The molecular weight excluding hydrogens is 250 g/mol. The smallest absolute Gasteiger partial charge is 0.251 e. The van der Waals surface area contributed by atoms with Crippen LogP contribution in [0, 0.1) is 0 Å². The molecule has 1 unspecified atom stereocenters. The average Bonchev–Trinajstić information content (AvgIpc) is 2.41. The molecular formula is C16H19NOSi. The van der Waals surface area contributed by atoms with Gasteiger partial charge >= 0.3 is 0 Å². The van der Waals surface area contributed by atoms with Gasteiger partial charge in [0.05, 0.1) is 0 Å². The molecule has 2 aromatic carbocycles. The van der Waals surface area contributed by atoms with Crippen molar-refractivity contribution < 1.29 is 4.43 Å². The van der Waals surface area contributed by atoms with Crippen molar-refractivity contribution in [3.8, 4) is 0 Å². The van der Waals surface area contributed by atoms with Crippen molar-refractivity contribution in [2.24, 2.45) is 4.99 Å². The van der Waals surface area contributed by atoms with Crippen LogP contribution < -0.4 is 0 Å². The first kappa shape index (κ1) is 12.4. The highest BCUT2D eigenvalue weighted by molar-refractivity contribution is 6.74. The van der Waals surface area contributed by atoms with E-state index >= 15 is 0 Å². The fourth-order valence-corrected chi connectivity index (χ4v) is 3.71. The Hall–Kier alpha value is -1.61. The van der Waals surface area contributed by atoms with E-state index < -0.39 is 8.32 Å². The van der Waals surface area contributed by atoms with Crippen molar-refractivity contribution in [3.63, 3.8) is 0 Å². The molecule has 3 heteroatoms. The summed E-state index contributed by atoms with van der Waals surface area (Å²) in [5, 5.41) is 2.50. The molecule has 2 aromatic rings. The fourth-order valence-electron chi connectivity index (χ4n) is 2.29. The van der Waals surface area contributed by atoms with Crippen LogP contribution in [0.1, 0.15) is 12.5 Å². The van der Waals surface area contributed by atoms with E-state index in [9.17, 15) is 0 Å². The molecule has 19 heavy (non-hydrogen) atoms. The van der Waals surface area contributed by atoms with Crippen LogP contribution in [-0.2, 0) is 4.43 Å². The zero-order valence-electron chi connectivity index (χ0n) is 11.7. The molecule has 1 atom stereocenters. The van der Waals surface area contributed by atoms with Gasteiger partial charge < -0.3 is 4.43 Å². The van der Waals surface area contributed by atoms with Crippen molar-refractivity contribution in [2.45, 2.75) is 25.6 Å². The predicted molar refractivity (Wildman–Crippen MR) is 83.3 cm³/mol. The predicted octanol–water partition coefficient (Wildman–Crippen LogP) is 4.21. The van der Waals surface area contributed by atoms with Gasteiger partial charge in [-0.15, -0.1) is 0 Å². The molecule has 1 aliphatic heterocycles. The molecule has 0 radical (unpaired) electrons. The summed E-state index contributed by atoms with van der Waals surface area (Å²) >= 11 is 0. The second-order valence-corrected chi connectivity index (χ2v) is 10.2. The maximum absolute atomic E-state index is 6.21. The highest BCUT2D eigenvalue weighted by Crippen LogP contribution is 2.29. The molecule has 1 heterocycles. The lowest BCUT2D eigenvalue weighted by atomic mass is 10.1. The minimum absolute atomic E-state index is 0.580. The van der Waals surface area contributed by atoms with Gasteiger partial charge in [-0.3, -0.25) is 4.99 Å². The van der Waals surface area contributed by atoms with Gasteiger partial charge in [-0.05, 0) is 36.0 Å². The van der Waals surface area contributed by atoms with Crippen LogP contribution in [0.15, 0.2) is 47.5 Å². The lowest BCUT2D eigenvalue weighted by Crippen LogP contribution is -2.42. The number of hydrogen-bond acceptors (Lipinski definition) is 2. The van der Waals surface area contributed by atoms with E-state index in [-0.39, 0.29) is 0 Å². The molecule has 0 amide bonds. The monoisotopic (exact) mass is 269 g/mol. The molecule has 0 aromatic heterocycles. The molecule has 0 aliphatic carbocycles. The van der Waals surface area contributed by atoms with Crippen molar-refractivity contribution in [1.82, 2.24) is 0 Å². The van der Waals surface area contributed by atoms with E-state index in [1.807, 2.05) is 0 Å². The van der Waals surface area contributed by atoms with Crippen LogP contribution in [0.5, 0.6) is 0 Å². The number of fused-ring (bicyclic) bond motifs is 1. The summed E-state index contributed by atoms with van der Waals surface area (Å²) in [6.45, 7) is 7.68. The Morgan fingerprint density at radius 1 is 1.11 bits per heavy atom. The van der Waals surface area contributed by atoms with Gasteiger partial charge in [0.2, 0.25) is 5.90 Å². The molecule has 0 spiro atoms. The normalized spacial score (nSPS) is 21.8. The maximum Gasteiger partial charge on any atom is 0.251 e. The number of aliphatic imine (C=N–C) groups is 1. The van der Waals surface area contributed by atoms with E-state index in [0.29, 0.717) is 5.54 Å². The zero-order valence-corrected chi connectivity index (χ0v) is 12.7. The Kier molecular flexibility index (Phi) is 2.94. The van der Waals surface area contributed by atoms with E-state index in [0.717, 1.165) is 18.0 Å². The molecule has 0 saturated heterocycles. The molecule has 0 bridgehead atoms. The van der Waals surface area contributed by atoms with Gasteiger partial charge in [0.15, 0.2) is 0 Å². The molecule has 0 N–H and O–H groups in total. The fraction of sp³-hybridized carbons (Fsp3) is 0.312. The van der Waals surface area contributed by atoms with Gasteiger partial charge in [0, 0.05) is 17.6 Å². The first-order valence-electron chi connectivity index (χ1n) is 6.79. The maximum atomic E-state index is 6.21. The largest absolute Gasteiger partial charge is 0.531 e. The Morgan fingerprint density at radius 3 is 2.58 bits per heavy atom. The lowest BCUT2D eigenvalue weighted by Gasteiger charge is -2.34. The standard InChI is InChI=1S/C16H19NOSi/c1-12-11-17-16(18-19(12,2)3)15-9-8-13-6-4-5-7-14(13)10-15/h4-10,12H,11H2,1-3H3. The Bertz CT molecular complexity index is 648. The topological polar surface area (TPSA) is 21.6 Å². The van der Waals surface area contributed by atoms with Crippen molar-refractivity contribution in [2.75, 3.05) is 6.54 Å². The minimum atomic E-state index is -1.64. The van der Waals surface area contributed by atoms with Gasteiger partial charge in [-0.2, -0.15) is 0 Å². The number of benzene rings is 2. The zero-order chi connectivity index (χ0) is 13.5. The Morgan fingerprint density at radius 2 is 1.84 bits per heavy atom. The molecule has 1 aliphatic rings. The molecule has 0 fully saturated rings. The molecule has 2 nitrogen and oxygen atoms in total. The summed E-state index contributed by atoms with van der Waals surface area (Å²) in [4.78, 5) is 4.61. The summed E-state index contributed by atoms with van der Waals surface area (Å²) in [7, 11) is -1.64. The summed E-state index contributed by atoms with van der Waals surface area (Å²) in [6.07, 6.45) is 0. The summed E-state index contributed by atoms with van der Waals surface area (Å²) in [5.74, 6) is 0.834. The van der Waals surface area contributed by atoms with E-state index in [4.69, 9.17) is 4.43 Å². The van der Waals surface area contributed by atoms with Crippen LogP contribution in [0.3, 0.4) is 0 Å². The second-order valence-electron chi connectivity index (χ2n) is 5.81. The average molecular weight is 269 g/mol. The van der Waals surface area contributed by atoms with E-state index in [1.54, 1.807) is 0 Å². The first-order valence-corrected chi connectivity index (χ1v) is 9.77. The van der Waals surface area contributed by atoms with Crippen molar-refractivity contribution in [3.05, 3.63) is 48.0 Å². The third kappa shape index (κ3) is 2.30. The highest BCUT2D eigenvalue weighted by Gasteiger charge is 2.36. The summed E-state index contributed by atoms with van der Waals surface area (Å²) < 4.78 is 6.21. The summed E-state index contributed by atoms with van der Waals surface area (Å²) in [6, 6.07) is 14.8. The van der Waals surface area contributed by atoms with Crippen LogP contribution >= 0.6 is 0 Å².